The van der Waals surface area contributed by atoms with Crippen LogP contribution >= 0.6 is 11.3 Å². The fourth-order valence-corrected chi connectivity index (χ4v) is 2.45. The summed E-state index contributed by atoms with van der Waals surface area (Å²) in [6.07, 6.45) is 3.69. The van der Waals surface area contributed by atoms with Gasteiger partial charge in [-0.3, -0.25) is 4.68 Å². The van der Waals surface area contributed by atoms with Crippen molar-refractivity contribution in [3.63, 3.8) is 0 Å². The normalized spacial score (nSPS) is 10.7. The molecule has 2 aromatic rings. The van der Waals surface area contributed by atoms with Crippen molar-refractivity contribution in [2.45, 2.75) is 20.0 Å². The smallest absolute Gasteiger partial charge is 0.355 e. The van der Waals surface area contributed by atoms with Crippen LogP contribution in [0.2, 0.25) is 0 Å². The van der Waals surface area contributed by atoms with Crippen molar-refractivity contribution in [3.8, 4) is 0 Å². The maximum absolute atomic E-state index is 10.9. The molecule has 0 fully saturated rings. The lowest BCUT2D eigenvalue weighted by Gasteiger charge is -2.00. The van der Waals surface area contributed by atoms with Crippen LogP contribution in [0, 0.1) is 6.92 Å². The van der Waals surface area contributed by atoms with Crippen molar-refractivity contribution >= 4 is 22.4 Å². The lowest BCUT2D eigenvalue weighted by Crippen LogP contribution is -2.04. The molecule has 0 bridgehead atoms. The van der Waals surface area contributed by atoms with Crippen LogP contribution in [0.4, 0.5) is 5.13 Å². The highest BCUT2D eigenvalue weighted by molar-refractivity contribution is 7.15. The van der Waals surface area contributed by atoms with E-state index in [-0.39, 0.29) is 5.69 Å². The lowest BCUT2D eigenvalue weighted by atomic mass is 10.4. The van der Waals surface area contributed by atoms with Crippen LogP contribution in [0.1, 0.15) is 20.9 Å². The maximum Gasteiger partial charge on any atom is 0.355 e. The van der Waals surface area contributed by atoms with Gasteiger partial charge in [-0.15, -0.1) is 11.3 Å². The number of rotatable bonds is 7. The Kier molecular flexibility index (Phi) is 4.70. The van der Waals surface area contributed by atoms with E-state index in [1.54, 1.807) is 24.9 Å². The Morgan fingerprint density at radius 3 is 3.05 bits per heavy atom. The Balaban J connectivity index is 1.93. The van der Waals surface area contributed by atoms with E-state index in [0.717, 1.165) is 5.56 Å². The van der Waals surface area contributed by atoms with Crippen LogP contribution in [0.5, 0.6) is 0 Å². The maximum atomic E-state index is 10.9. The zero-order valence-electron chi connectivity index (χ0n) is 11.3. The number of nitrogens with zero attached hydrogens (tertiary/aromatic N) is 3. The van der Waals surface area contributed by atoms with Crippen LogP contribution < -0.4 is 5.32 Å². The van der Waals surface area contributed by atoms with Crippen molar-refractivity contribution in [1.82, 2.24) is 14.8 Å². The van der Waals surface area contributed by atoms with Gasteiger partial charge in [0.15, 0.2) is 10.8 Å². The zero-order chi connectivity index (χ0) is 14.5. The summed E-state index contributed by atoms with van der Waals surface area (Å²) in [6, 6.07) is 0. The van der Waals surface area contributed by atoms with Crippen LogP contribution in [0.15, 0.2) is 12.4 Å². The predicted molar refractivity (Wildman–Crippen MR) is 75.2 cm³/mol. The summed E-state index contributed by atoms with van der Waals surface area (Å²) in [4.78, 5) is 15.6. The fraction of sp³-hybridized carbons (Fsp3) is 0.417. The van der Waals surface area contributed by atoms with Crippen LogP contribution in [-0.2, 0) is 17.8 Å². The summed E-state index contributed by atoms with van der Waals surface area (Å²) in [6.45, 7) is 3.62. The number of carbonyl (C=O) groups is 1. The van der Waals surface area contributed by atoms with E-state index in [4.69, 9.17) is 9.84 Å². The monoisotopic (exact) mass is 296 g/mol. The van der Waals surface area contributed by atoms with E-state index in [2.05, 4.69) is 15.4 Å². The number of aryl methyl sites for hydroxylation is 1. The highest BCUT2D eigenvalue weighted by Crippen LogP contribution is 2.22. The largest absolute Gasteiger partial charge is 0.476 e. The highest BCUT2D eigenvalue weighted by Gasteiger charge is 2.13. The third-order valence-electron chi connectivity index (χ3n) is 2.65. The summed E-state index contributed by atoms with van der Waals surface area (Å²) in [7, 11) is 1.65. The van der Waals surface area contributed by atoms with Gasteiger partial charge in [-0.2, -0.15) is 5.10 Å². The predicted octanol–water partition coefficient (Wildman–Crippen LogP) is 1.60. The Morgan fingerprint density at radius 1 is 1.60 bits per heavy atom. The van der Waals surface area contributed by atoms with Crippen LogP contribution in [-0.4, -0.2) is 39.6 Å². The minimum absolute atomic E-state index is 0.105. The van der Waals surface area contributed by atoms with Gasteiger partial charge < -0.3 is 15.2 Å². The van der Waals surface area contributed by atoms with Gasteiger partial charge in [-0.05, 0) is 6.92 Å². The van der Waals surface area contributed by atoms with Gasteiger partial charge in [0.2, 0.25) is 0 Å². The number of thiazole rings is 1. The summed E-state index contributed by atoms with van der Waals surface area (Å²) in [5.74, 6) is -1.00. The van der Waals surface area contributed by atoms with E-state index < -0.39 is 5.97 Å². The second kappa shape index (κ2) is 6.49. The van der Waals surface area contributed by atoms with Crippen LogP contribution in [0.3, 0.4) is 0 Å². The molecule has 108 valence electrons. The van der Waals surface area contributed by atoms with Crippen molar-refractivity contribution in [2.75, 3.05) is 19.0 Å². The molecule has 0 aliphatic rings. The molecule has 0 aromatic carbocycles. The van der Waals surface area contributed by atoms with Gasteiger partial charge in [0.05, 0.1) is 19.3 Å². The highest BCUT2D eigenvalue weighted by atomic mass is 32.1. The molecule has 7 nitrogen and oxygen atoms in total. The molecule has 0 aliphatic carbocycles. The zero-order valence-corrected chi connectivity index (χ0v) is 12.1. The van der Waals surface area contributed by atoms with Gasteiger partial charge in [-0.25, -0.2) is 9.78 Å². The summed E-state index contributed by atoms with van der Waals surface area (Å²) < 4.78 is 6.78. The third-order valence-corrected chi connectivity index (χ3v) is 3.58. The summed E-state index contributed by atoms with van der Waals surface area (Å²) in [5, 5.41) is 16.9. The summed E-state index contributed by atoms with van der Waals surface area (Å²) in [5.41, 5.74) is 1.11. The van der Waals surface area contributed by atoms with Crippen molar-refractivity contribution in [2.24, 2.45) is 0 Å². The molecule has 0 spiro atoms. The van der Waals surface area contributed by atoms with E-state index >= 15 is 0 Å². The number of anilines is 1. The first kappa shape index (κ1) is 14.5. The van der Waals surface area contributed by atoms with Crippen molar-refractivity contribution in [1.29, 1.82) is 0 Å². The van der Waals surface area contributed by atoms with E-state index in [1.165, 1.54) is 11.3 Å². The molecule has 0 unspecified atom stereocenters. The molecular weight excluding hydrogens is 280 g/mol. The van der Waals surface area contributed by atoms with E-state index in [9.17, 15) is 4.79 Å². The van der Waals surface area contributed by atoms with Crippen molar-refractivity contribution < 1.29 is 14.6 Å². The third kappa shape index (κ3) is 3.55. The molecule has 20 heavy (non-hydrogen) atoms. The number of hydrogen-bond donors (Lipinski definition) is 2. The Hall–Kier alpha value is -1.93. The Labute approximate surface area is 120 Å². The Bertz CT molecular complexity index is 593. The first-order chi connectivity index (χ1) is 9.60. The second-order valence-electron chi connectivity index (χ2n) is 4.19. The van der Waals surface area contributed by atoms with Gasteiger partial charge in [0.25, 0.3) is 0 Å². The molecule has 0 saturated carbocycles. The number of aromatic nitrogens is 3. The van der Waals surface area contributed by atoms with Gasteiger partial charge in [-0.1, -0.05) is 0 Å². The molecule has 0 radical (unpaired) electrons. The number of hydrogen-bond acceptors (Lipinski definition) is 6. The second-order valence-corrected chi connectivity index (χ2v) is 5.39. The number of aromatic carboxylic acids is 1. The average molecular weight is 296 g/mol. The minimum atomic E-state index is -1.00. The molecule has 2 rings (SSSR count). The average Bonchev–Trinajstić information content (AvgIpc) is 3.00. The van der Waals surface area contributed by atoms with E-state index in [1.807, 2.05) is 6.20 Å². The van der Waals surface area contributed by atoms with Gasteiger partial charge >= 0.3 is 5.97 Å². The molecule has 8 heteroatoms. The summed E-state index contributed by atoms with van der Waals surface area (Å²) >= 11 is 1.33. The number of carboxylic acid groups (broad SMARTS) is 1. The first-order valence-corrected chi connectivity index (χ1v) is 6.86. The molecule has 0 atom stereocenters. The molecule has 0 aliphatic heterocycles. The number of carboxylic acids is 1. The SMILES string of the molecule is COCCn1cc(CNc2nc(C(=O)O)c(C)s2)cn1. The molecule has 2 aromatic heterocycles. The van der Waals surface area contributed by atoms with E-state index in [0.29, 0.717) is 29.7 Å². The quantitative estimate of drug-likeness (QED) is 0.807. The number of nitrogens with one attached hydrogen (secondary N) is 1. The number of ether oxygens (including phenoxy) is 1. The molecule has 0 saturated heterocycles. The molecule has 0 amide bonds. The van der Waals surface area contributed by atoms with Crippen LogP contribution in [0.25, 0.3) is 0 Å². The van der Waals surface area contributed by atoms with Gasteiger partial charge in [0, 0.05) is 30.3 Å². The lowest BCUT2D eigenvalue weighted by molar-refractivity contribution is 0.0690. The fourth-order valence-electron chi connectivity index (χ4n) is 1.65. The molecular formula is C12H16N4O3S. The van der Waals surface area contributed by atoms with Crippen molar-refractivity contribution in [3.05, 3.63) is 28.5 Å². The molecule has 2 N–H and O–H groups in total. The topological polar surface area (TPSA) is 89.3 Å². The minimum Gasteiger partial charge on any atom is -0.476 e. The number of methoxy groups -OCH3 is 1. The standard InChI is InChI=1S/C12H16N4O3S/c1-8-10(11(17)18)15-12(20-8)13-5-9-6-14-16(7-9)3-4-19-2/h6-7H,3-5H2,1-2H3,(H,13,15)(H,17,18). The van der Waals surface area contributed by atoms with Gasteiger partial charge in [0.1, 0.15) is 0 Å². The first-order valence-electron chi connectivity index (χ1n) is 6.05. The molecule has 2 heterocycles. The Morgan fingerprint density at radius 2 is 2.40 bits per heavy atom.